The van der Waals surface area contributed by atoms with Crippen LogP contribution in [0.2, 0.25) is 10.0 Å². The van der Waals surface area contributed by atoms with Crippen LogP contribution in [0.5, 0.6) is 5.75 Å². The van der Waals surface area contributed by atoms with Crippen molar-refractivity contribution in [2.75, 3.05) is 6.54 Å². The van der Waals surface area contributed by atoms with Gasteiger partial charge in [-0.05, 0) is 43.4 Å². The van der Waals surface area contributed by atoms with Gasteiger partial charge in [-0.3, -0.25) is 0 Å². The second kappa shape index (κ2) is 6.83. The fraction of sp³-hybridized carbons (Fsp3) is 0.600. The van der Waals surface area contributed by atoms with Gasteiger partial charge in [-0.15, -0.1) is 0 Å². The summed E-state index contributed by atoms with van der Waals surface area (Å²) in [7, 11) is 0. The number of nitrogens with one attached hydrogen (secondary N) is 1. The first-order chi connectivity index (χ1) is 9.06. The molecular formula is C15H21Cl2NO. The van der Waals surface area contributed by atoms with Crippen LogP contribution < -0.4 is 5.32 Å². The third kappa shape index (κ3) is 4.27. The lowest BCUT2D eigenvalue weighted by atomic mass is 9.82. The molecule has 2 rings (SSSR count). The largest absolute Gasteiger partial charge is 0.506 e. The predicted molar refractivity (Wildman–Crippen MR) is 81.0 cm³/mol. The summed E-state index contributed by atoms with van der Waals surface area (Å²) < 4.78 is 0. The molecule has 0 radical (unpaired) electrons. The van der Waals surface area contributed by atoms with Gasteiger partial charge in [0.1, 0.15) is 5.75 Å². The van der Waals surface area contributed by atoms with Crippen LogP contribution in [0.25, 0.3) is 0 Å². The molecule has 0 heterocycles. The lowest BCUT2D eigenvalue weighted by Gasteiger charge is -2.26. The van der Waals surface area contributed by atoms with Gasteiger partial charge in [-0.1, -0.05) is 43.0 Å². The zero-order valence-electron chi connectivity index (χ0n) is 11.3. The summed E-state index contributed by atoms with van der Waals surface area (Å²) in [4.78, 5) is 0. The van der Waals surface area contributed by atoms with Crippen molar-refractivity contribution in [2.24, 2.45) is 11.8 Å². The van der Waals surface area contributed by atoms with E-state index in [4.69, 9.17) is 23.2 Å². The van der Waals surface area contributed by atoms with E-state index >= 15 is 0 Å². The number of benzene rings is 1. The third-order valence-electron chi connectivity index (χ3n) is 3.90. The standard InChI is InChI=1S/C15H21Cl2NO/c1-10-3-2-4-11(5-10)8-18-9-12-6-13(16)7-14(17)15(12)19/h6-7,10-11,18-19H,2-5,8-9H2,1H3. The molecule has 0 saturated heterocycles. The topological polar surface area (TPSA) is 32.3 Å². The number of hydrogen-bond donors (Lipinski definition) is 2. The van der Waals surface area contributed by atoms with Crippen LogP contribution in [0, 0.1) is 11.8 Å². The summed E-state index contributed by atoms with van der Waals surface area (Å²) in [5.41, 5.74) is 0.765. The van der Waals surface area contributed by atoms with Gasteiger partial charge in [0.05, 0.1) is 5.02 Å². The number of phenolic OH excluding ortho intramolecular Hbond substituents is 1. The molecule has 106 valence electrons. The average molecular weight is 302 g/mol. The van der Waals surface area contributed by atoms with Crippen LogP contribution in [-0.2, 0) is 6.54 Å². The fourth-order valence-corrected chi connectivity index (χ4v) is 3.45. The normalized spacial score (nSPS) is 23.5. The minimum atomic E-state index is 0.135. The molecule has 1 aliphatic rings. The van der Waals surface area contributed by atoms with Gasteiger partial charge in [0.2, 0.25) is 0 Å². The molecule has 2 atom stereocenters. The molecule has 1 fully saturated rings. The van der Waals surface area contributed by atoms with Gasteiger partial charge in [-0.2, -0.15) is 0 Å². The first-order valence-corrected chi connectivity index (χ1v) is 7.69. The lowest BCUT2D eigenvalue weighted by Crippen LogP contribution is -2.26. The molecule has 0 aliphatic heterocycles. The Morgan fingerprint density at radius 2 is 2.11 bits per heavy atom. The Bertz CT molecular complexity index is 436. The fourth-order valence-electron chi connectivity index (χ4n) is 2.91. The quantitative estimate of drug-likeness (QED) is 0.851. The first-order valence-electron chi connectivity index (χ1n) is 6.94. The van der Waals surface area contributed by atoms with Crippen LogP contribution in [0.1, 0.15) is 38.2 Å². The molecule has 19 heavy (non-hydrogen) atoms. The van der Waals surface area contributed by atoms with Crippen molar-refractivity contribution in [3.63, 3.8) is 0 Å². The van der Waals surface area contributed by atoms with Crippen LogP contribution in [0.3, 0.4) is 0 Å². The summed E-state index contributed by atoms with van der Waals surface area (Å²) in [5.74, 6) is 1.73. The highest BCUT2D eigenvalue weighted by molar-refractivity contribution is 6.35. The van der Waals surface area contributed by atoms with Gasteiger partial charge < -0.3 is 10.4 Å². The second-order valence-electron chi connectivity index (χ2n) is 5.66. The van der Waals surface area contributed by atoms with Gasteiger partial charge in [-0.25, -0.2) is 0 Å². The van der Waals surface area contributed by atoms with E-state index in [1.165, 1.54) is 25.7 Å². The number of phenols is 1. The molecule has 1 saturated carbocycles. The molecular weight excluding hydrogens is 281 g/mol. The van der Waals surface area contributed by atoms with E-state index in [0.29, 0.717) is 16.6 Å². The Balaban J connectivity index is 1.85. The van der Waals surface area contributed by atoms with Gasteiger partial charge in [0.15, 0.2) is 0 Å². The van der Waals surface area contributed by atoms with Crippen LogP contribution in [-0.4, -0.2) is 11.7 Å². The van der Waals surface area contributed by atoms with E-state index in [1.807, 2.05) is 0 Å². The van der Waals surface area contributed by atoms with E-state index in [9.17, 15) is 5.11 Å². The molecule has 1 aromatic carbocycles. The minimum absolute atomic E-state index is 0.135. The molecule has 1 aliphatic carbocycles. The maximum absolute atomic E-state index is 9.87. The average Bonchev–Trinajstić information content (AvgIpc) is 2.35. The summed E-state index contributed by atoms with van der Waals surface area (Å²) in [6.07, 6.45) is 5.30. The number of hydrogen-bond acceptors (Lipinski definition) is 2. The SMILES string of the molecule is CC1CCCC(CNCc2cc(Cl)cc(Cl)c2O)C1. The second-order valence-corrected chi connectivity index (χ2v) is 6.51. The van der Waals surface area contributed by atoms with E-state index < -0.39 is 0 Å². The maximum Gasteiger partial charge on any atom is 0.138 e. The molecule has 1 aromatic rings. The zero-order valence-corrected chi connectivity index (χ0v) is 12.8. The smallest absolute Gasteiger partial charge is 0.138 e. The third-order valence-corrected chi connectivity index (χ3v) is 4.41. The predicted octanol–water partition coefficient (Wildman–Crippen LogP) is 4.61. The Kier molecular flexibility index (Phi) is 5.37. The molecule has 2 nitrogen and oxygen atoms in total. The van der Waals surface area contributed by atoms with Gasteiger partial charge in [0, 0.05) is 17.1 Å². The monoisotopic (exact) mass is 301 g/mol. The van der Waals surface area contributed by atoms with Crippen LogP contribution in [0.15, 0.2) is 12.1 Å². The number of halogens is 2. The lowest BCUT2D eigenvalue weighted by molar-refractivity contribution is 0.274. The van der Waals surface area contributed by atoms with E-state index in [0.717, 1.165) is 23.9 Å². The number of aromatic hydroxyl groups is 1. The van der Waals surface area contributed by atoms with Crippen LogP contribution in [0.4, 0.5) is 0 Å². The summed E-state index contributed by atoms with van der Waals surface area (Å²) in [6, 6.07) is 3.32. The zero-order chi connectivity index (χ0) is 13.8. The van der Waals surface area contributed by atoms with Gasteiger partial charge >= 0.3 is 0 Å². The molecule has 0 aromatic heterocycles. The van der Waals surface area contributed by atoms with Crippen molar-refractivity contribution in [2.45, 2.75) is 39.2 Å². The van der Waals surface area contributed by atoms with Gasteiger partial charge in [0.25, 0.3) is 0 Å². The summed E-state index contributed by atoms with van der Waals surface area (Å²) in [6.45, 7) is 3.93. The Morgan fingerprint density at radius 3 is 2.84 bits per heavy atom. The highest BCUT2D eigenvalue weighted by Crippen LogP contribution is 2.31. The van der Waals surface area contributed by atoms with Crippen molar-refractivity contribution in [1.82, 2.24) is 5.32 Å². The first kappa shape index (κ1) is 15.0. The van der Waals surface area contributed by atoms with Crippen molar-refractivity contribution >= 4 is 23.2 Å². The Morgan fingerprint density at radius 1 is 1.32 bits per heavy atom. The molecule has 0 amide bonds. The maximum atomic E-state index is 9.87. The number of rotatable bonds is 4. The molecule has 2 N–H and O–H groups in total. The van der Waals surface area contributed by atoms with Crippen molar-refractivity contribution in [3.8, 4) is 5.75 Å². The Labute approximate surface area is 125 Å². The molecule has 0 bridgehead atoms. The molecule has 2 unspecified atom stereocenters. The highest BCUT2D eigenvalue weighted by atomic mass is 35.5. The summed E-state index contributed by atoms with van der Waals surface area (Å²) >= 11 is 11.8. The Hall–Kier alpha value is -0.440. The van der Waals surface area contributed by atoms with E-state index in [-0.39, 0.29) is 5.75 Å². The summed E-state index contributed by atoms with van der Waals surface area (Å²) in [5, 5.41) is 14.2. The van der Waals surface area contributed by atoms with Crippen molar-refractivity contribution < 1.29 is 5.11 Å². The van der Waals surface area contributed by atoms with E-state index in [2.05, 4.69) is 12.2 Å². The van der Waals surface area contributed by atoms with Crippen LogP contribution >= 0.6 is 23.2 Å². The van der Waals surface area contributed by atoms with Crippen molar-refractivity contribution in [1.29, 1.82) is 0 Å². The van der Waals surface area contributed by atoms with E-state index in [1.54, 1.807) is 12.1 Å². The molecule has 4 heteroatoms. The van der Waals surface area contributed by atoms with Crippen molar-refractivity contribution in [3.05, 3.63) is 27.7 Å². The molecule has 0 spiro atoms. The highest BCUT2D eigenvalue weighted by Gasteiger charge is 2.18. The minimum Gasteiger partial charge on any atom is -0.506 e.